The van der Waals surface area contributed by atoms with E-state index >= 15 is 0 Å². The van der Waals surface area contributed by atoms with Gasteiger partial charge in [0.25, 0.3) is 0 Å². The lowest BCUT2D eigenvalue weighted by atomic mass is 10.4. The SMILES string of the molecule is O=C(O)c1cc(S(=O)(=O)NCc2ccccn2)cs1. The Hall–Kier alpha value is -1.77. The van der Waals surface area contributed by atoms with E-state index in [-0.39, 0.29) is 16.3 Å². The second kappa shape index (κ2) is 5.47. The molecular weight excluding hydrogens is 288 g/mol. The summed E-state index contributed by atoms with van der Waals surface area (Å²) in [5.74, 6) is -1.14. The van der Waals surface area contributed by atoms with Crippen LogP contribution in [0.2, 0.25) is 0 Å². The third-order valence-electron chi connectivity index (χ3n) is 2.27. The molecule has 6 nitrogen and oxygen atoms in total. The summed E-state index contributed by atoms with van der Waals surface area (Å²) in [4.78, 5) is 14.6. The molecule has 0 unspecified atom stereocenters. The van der Waals surface area contributed by atoms with Crippen LogP contribution in [-0.4, -0.2) is 24.5 Å². The monoisotopic (exact) mass is 298 g/mol. The third-order valence-corrected chi connectivity index (χ3v) is 4.71. The summed E-state index contributed by atoms with van der Waals surface area (Å²) in [6.45, 7) is 0.0570. The zero-order valence-electron chi connectivity index (χ0n) is 9.61. The molecule has 100 valence electrons. The lowest BCUT2D eigenvalue weighted by molar-refractivity contribution is 0.0702. The van der Waals surface area contributed by atoms with Crippen LogP contribution < -0.4 is 4.72 Å². The molecular formula is C11H10N2O4S2. The van der Waals surface area contributed by atoms with E-state index in [9.17, 15) is 13.2 Å². The molecule has 0 radical (unpaired) electrons. The topological polar surface area (TPSA) is 96.4 Å². The van der Waals surface area contributed by atoms with Crippen molar-refractivity contribution in [2.24, 2.45) is 0 Å². The number of carbonyl (C=O) groups is 1. The number of nitrogens with zero attached hydrogens (tertiary/aromatic N) is 1. The molecule has 8 heteroatoms. The summed E-state index contributed by atoms with van der Waals surface area (Å²) in [6.07, 6.45) is 1.57. The largest absolute Gasteiger partial charge is 0.477 e. The van der Waals surface area contributed by atoms with Crippen LogP contribution in [0.5, 0.6) is 0 Å². The number of aromatic nitrogens is 1. The highest BCUT2D eigenvalue weighted by atomic mass is 32.2. The van der Waals surface area contributed by atoms with Crippen LogP contribution in [0.25, 0.3) is 0 Å². The van der Waals surface area contributed by atoms with Gasteiger partial charge < -0.3 is 5.11 Å². The molecule has 2 aromatic rings. The molecule has 19 heavy (non-hydrogen) atoms. The highest BCUT2D eigenvalue weighted by molar-refractivity contribution is 7.89. The second-order valence-electron chi connectivity index (χ2n) is 3.60. The molecule has 2 rings (SSSR count). The normalized spacial score (nSPS) is 11.4. The zero-order chi connectivity index (χ0) is 13.9. The fraction of sp³-hybridized carbons (Fsp3) is 0.0909. The highest BCUT2D eigenvalue weighted by Crippen LogP contribution is 2.19. The molecule has 0 aliphatic rings. The van der Waals surface area contributed by atoms with Crippen LogP contribution in [0.3, 0.4) is 0 Å². The van der Waals surface area contributed by atoms with Crippen molar-refractivity contribution in [3.8, 4) is 0 Å². The summed E-state index contributed by atoms with van der Waals surface area (Å²) in [7, 11) is -3.71. The zero-order valence-corrected chi connectivity index (χ0v) is 11.2. The number of pyridine rings is 1. The van der Waals surface area contributed by atoms with Gasteiger partial charge in [-0.25, -0.2) is 17.9 Å². The van der Waals surface area contributed by atoms with Gasteiger partial charge >= 0.3 is 5.97 Å². The Morgan fingerprint density at radius 1 is 1.42 bits per heavy atom. The predicted octanol–water partition coefficient (Wildman–Crippen LogP) is 1.32. The van der Waals surface area contributed by atoms with Crippen LogP contribution in [0, 0.1) is 0 Å². The lowest BCUT2D eigenvalue weighted by Crippen LogP contribution is -2.23. The molecule has 2 heterocycles. The Labute approximate surface area is 113 Å². The van der Waals surface area contributed by atoms with E-state index in [4.69, 9.17) is 5.11 Å². The van der Waals surface area contributed by atoms with Crippen LogP contribution in [0.1, 0.15) is 15.4 Å². The van der Waals surface area contributed by atoms with E-state index in [1.54, 1.807) is 24.4 Å². The van der Waals surface area contributed by atoms with Crippen molar-refractivity contribution in [1.82, 2.24) is 9.71 Å². The quantitative estimate of drug-likeness (QED) is 0.867. The molecule has 0 bridgehead atoms. The summed E-state index contributed by atoms with van der Waals surface area (Å²) in [5.41, 5.74) is 0.583. The van der Waals surface area contributed by atoms with E-state index in [2.05, 4.69) is 9.71 Å². The molecule has 0 atom stereocenters. The van der Waals surface area contributed by atoms with Crippen LogP contribution in [-0.2, 0) is 16.6 Å². The van der Waals surface area contributed by atoms with Gasteiger partial charge in [0.2, 0.25) is 10.0 Å². The van der Waals surface area contributed by atoms with E-state index in [1.807, 2.05) is 0 Å². The molecule has 0 amide bonds. The van der Waals surface area contributed by atoms with Crippen molar-refractivity contribution >= 4 is 27.3 Å². The van der Waals surface area contributed by atoms with Gasteiger partial charge in [-0.2, -0.15) is 0 Å². The standard InChI is InChI=1S/C11H10N2O4S2/c14-11(15)10-5-9(7-18-10)19(16,17)13-6-8-3-1-2-4-12-8/h1-5,7,13H,6H2,(H,14,15). The number of aromatic carboxylic acids is 1. The van der Waals surface area contributed by atoms with Gasteiger partial charge in [0.15, 0.2) is 0 Å². The average Bonchev–Trinajstić information content (AvgIpc) is 2.88. The van der Waals surface area contributed by atoms with Gasteiger partial charge in [0.1, 0.15) is 4.88 Å². The molecule has 0 spiro atoms. The maximum absolute atomic E-state index is 11.9. The number of hydrogen-bond acceptors (Lipinski definition) is 5. The summed E-state index contributed by atoms with van der Waals surface area (Å²) < 4.78 is 26.2. The maximum atomic E-state index is 11.9. The van der Waals surface area contributed by atoms with Gasteiger partial charge in [-0.15, -0.1) is 11.3 Å². The fourth-order valence-corrected chi connectivity index (χ4v) is 3.44. The third kappa shape index (κ3) is 3.37. The van der Waals surface area contributed by atoms with E-state index in [0.29, 0.717) is 5.69 Å². The first-order chi connectivity index (χ1) is 8.99. The van der Waals surface area contributed by atoms with Crippen LogP contribution >= 0.6 is 11.3 Å². The van der Waals surface area contributed by atoms with Gasteiger partial charge in [-0.05, 0) is 18.2 Å². The molecule has 2 aromatic heterocycles. The average molecular weight is 298 g/mol. The Balaban J connectivity index is 2.12. The first-order valence-electron chi connectivity index (χ1n) is 5.20. The van der Waals surface area contributed by atoms with Gasteiger partial charge in [0, 0.05) is 11.6 Å². The smallest absolute Gasteiger partial charge is 0.345 e. The van der Waals surface area contributed by atoms with Crippen molar-refractivity contribution < 1.29 is 18.3 Å². The summed E-state index contributed by atoms with van der Waals surface area (Å²) >= 11 is 0.872. The Kier molecular flexibility index (Phi) is 3.93. The van der Waals surface area contributed by atoms with E-state index in [0.717, 1.165) is 17.4 Å². The van der Waals surface area contributed by atoms with Crippen molar-refractivity contribution in [2.75, 3.05) is 0 Å². The van der Waals surface area contributed by atoms with Crippen LogP contribution in [0.15, 0.2) is 40.7 Å². The Bertz CT molecular complexity index is 680. The first kappa shape index (κ1) is 13.7. The Morgan fingerprint density at radius 2 is 2.21 bits per heavy atom. The van der Waals surface area contributed by atoms with E-state index in [1.165, 1.54) is 5.38 Å². The number of carboxylic acid groups (broad SMARTS) is 1. The van der Waals surface area contributed by atoms with Crippen molar-refractivity contribution in [3.63, 3.8) is 0 Å². The molecule has 0 fully saturated rings. The Morgan fingerprint density at radius 3 is 2.79 bits per heavy atom. The minimum atomic E-state index is -3.71. The van der Waals surface area contributed by atoms with Gasteiger partial charge in [-0.1, -0.05) is 6.07 Å². The van der Waals surface area contributed by atoms with Crippen molar-refractivity contribution in [2.45, 2.75) is 11.4 Å². The maximum Gasteiger partial charge on any atom is 0.345 e. The number of hydrogen-bond donors (Lipinski definition) is 2. The second-order valence-corrected chi connectivity index (χ2v) is 6.28. The number of carboxylic acids is 1. The summed E-state index contributed by atoms with van der Waals surface area (Å²) in [6, 6.07) is 6.31. The number of thiophene rings is 1. The van der Waals surface area contributed by atoms with Crippen molar-refractivity contribution in [3.05, 3.63) is 46.4 Å². The fourth-order valence-electron chi connectivity index (χ4n) is 1.33. The minimum Gasteiger partial charge on any atom is -0.477 e. The van der Waals surface area contributed by atoms with Gasteiger partial charge in [0.05, 0.1) is 17.1 Å². The van der Waals surface area contributed by atoms with Crippen LogP contribution in [0.4, 0.5) is 0 Å². The summed E-state index contributed by atoms with van der Waals surface area (Å²) in [5, 5.41) is 10.1. The van der Waals surface area contributed by atoms with Gasteiger partial charge in [-0.3, -0.25) is 4.98 Å². The first-order valence-corrected chi connectivity index (χ1v) is 7.57. The highest BCUT2D eigenvalue weighted by Gasteiger charge is 2.18. The molecule has 0 saturated heterocycles. The number of rotatable bonds is 5. The molecule has 2 N–H and O–H groups in total. The molecule has 0 aliphatic carbocycles. The van der Waals surface area contributed by atoms with E-state index < -0.39 is 16.0 Å². The molecule has 0 aliphatic heterocycles. The number of sulfonamides is 1. The number of nitrogens with one attached hydrogen (secondary N) is 1. The predicted molar refractivity (Wildman–Crippen MR) is 69.5 cm³/mol. The lowest BCUT2D eigenvalue weighted by Gasteiger charge is -2.03. The molecule has 0 aromatic carbocycles. The molecule has 0 saturated carbocycles. The minimum absolute atomic E-state index is 0.0155. The van der Waals surface area contributed by atoms with Crippen molar-refractivity contribution in [1.29, 1.82) is 0 Å².